The van der Waals surface area contributed by atoms with Gasteiger partial charge in [0, 0.05) is 16.6 Å². The molecule has 0 unspecified atom stereocenters. The fraction of sp³-hybridized carbons (Fsp3) is 0.308. The molecule has 0 aromatic heterocycles. The second-order valence-electron chi connectivity index (χ2n) is 8.64. The summed E-state index contributed by atoms with van der Waals surface area (Å²) in [7, 11) is 0. The highest BCUT2D eigenvalue weighted by atomic mass is 79.9. The topological polar surface area (TPSA) is 92.8 Å². The van der Waals surface area contributed by atoms with Crippen LogP contribution in [0.15, 0.2) is 59.1 Å². The van der Waals surface area contributed by atoms with Gasteiger partial charge in [-0.2, -0.15) is 0 Å². The molecule has 1 aliphatic carbocycles. The molecule has 2 aliphatic rings. The number of esters is 1. The van der Waals surface area contributed by atoms with Gasteiger partial charge in [0.2, 0.25) is 11.8 Å². The Morgan fingerprint density at radius 2 is 1.74 bits per heavy atom. The number of aryl methyl sites for hydroxylation is 1. The molecule has 1 aliphatic heterocycles. The zero-order valence-corrected chi connectivity index (χ0v) is 21.3. The number of carbonyl (C=O) groups excluding carboxylic acids is 4. The van der Waals surface area contributed by atoms with Gasteiger partial charge in [0.25, 0.3) is 5.91 Å². The second-order valence-corrected chi connectivity index (χ2v) is 9.91. The van der Waals surface area contributed by atoms with Gasteiger partial charge in [-0.1, -0.05) is 54.1 Å². The van der Waals surface area contributed by atoms with E-state index in [1.54, 1.807) is 19.1 Å². The first-order valence-electron chi connectivity index (χ1n) is 11.2. The van der Waals surface area contributed by atoms with Crippen molar-refractivity contribution in [3.63, 3.8) is 0 Å². The molecular weight excluding hydrogens is 536 g/mol. The van der Waals surface area contributed by atoms with E-state index in [4.69, 9.17) is 16.3 Å². The molecule has 3 amide bonds. The number of amides is 3. The number of benzene rings is 2. The molecule has 0 saturated carbocycles. The van der Waals surface area contributed by atoms with Crippen LogP contribution in [0.5, 0.6) is 0 Å². The van der Waals surface area contributed by atoms with Crippen LogP contribution in [0.1, 0.15) is 24.0 Å². The number of imide groups is 1. The van der Waals surface area contributed by atoms with Crippen LogP contribution in [-0.2, 0) is 30.3 Å². The Labute approximate surface area is 216 Å². The number of likely N-dealkylation sites (tertiary alicyclic amines) is 1. The van der Waals surface area contributed by atoms with E-state index in [1.165, 1.54) is 0 Å². The minimum atomic E-state index is -1.15. The Bertz CT molecular complexity index is 1170. The zero-order chi connectivity index (χ0) is 25.1. The number of nitrogens with one attached hydrogen (secondary N) is 1. The van der Waals surface area contributed by atoms with Crippen LogP contribution in [0.25, 0.3) is 0 Å². The SMILES string of the molecule is Cc1cc(Br)c(Cl)cc1NC(=O)COC(=O)[C@@H](Cc1ccccc1)N1C(=O)[C@H]2CC=CC[C@H]2C1=O. The molecule has 35 heavy (non-hydrogen) atoms. The van der Waals surface area contributed by atoms with Crippen molar-refractivity contribution >= 4 is 56.9 Å². The Kier molecular flexibility index (Phi) is 7.72. The number of anilines is 1. The van der Waals surface area contributed by atoms with Gasteiger partial charge in [-0.15, -0.1) is 0 Å². The molecule has 7 nitrogen and oxygen atoms in total. The van der Waals surface area contributed by atoms with Gasteiger partial charge in [0.05, 0.1) is 16.9 Å². The molecule has 2 aromatic carbocycles. The quantitative estimate of drug-likeness (QED) is 0.307. The molecule has 4 rings (SSSR count). The number of halogens is 2. The average Bonchev–Trinajstić information content (AvgIpc) is 3.10. The number of allylic oxidation sites excluding steroid dienone is 2. The van der Waals surface area contributed by atoms with Crippen molar-refractivity contribution in [1.29, 1.82) is 0 Å². The molecule has 0 radical (unpaired) electrons. The summed E-state index contributed by atoms with van der Waals surface area (Å²) in [5, 5.41) is 3.10. The third-order valence-electron chi connectivity index (χ3n) is 6.28. The zero-order valence-electron chi connectivity index (χ0n) is 19.0. The van der Waals surface area contributed by atoms with Crippen LogP contribution >= 0.6 is 27.5 Å². The summed E-state index contributed by atoms with van der Waals surface area (Å²) in [6.07, 6.45) is 4.82. The largest absolute Gasteiger partial charge is 0.454 e. The summed E-state index contributed by atoms with van der Waals surface area (Å²) in [6, 6.07) is 11.3. The lowest BCUT2D eigenvalue weighted by atomic mass is 9.85. The molecule has 1 heterocycles. The van der Waals surface area contributed by atoms with Gasteiger partial charge in [0.15, 0.2) is 6.61 Å². The van der Waals surface area contributed by atoms with E-state index < -0.39 is 36.4 Å². The van der Waals surface area contributed by atoms with Crippen LogP contribution in [-0.4, -0.2) is 41.2 Å². The number of rotatable bonds is 7. The van der Waals surface area contributed by atoms with E-state index >= 15 is 0 Å². The van der Waals surface area contributed by atoms with Crippen LogP contribution in [0.3, 0.4) is 0 Å². The normalized spacial score (nSPS) is 19.9. The molecule has 182 valence electrons. The fourth-order valence-electron chi connectivity index (χ4n) is 4.45. The molecule has 0 bridgehead atoms. The van der Waals surface area contributed by atoms with Gasteiger partial charge >= 0.3 is 5.97 Å². The summed E-state index contributed by atoms with van der Waals surface area (Å²) in [5.41, 5.74) is 2.03. The lowest BCUT2D eigenvalue weighted by Crippen LogP contribution is -2.48. The predicted molar refractivity (Wildman–Crippen MR) is 135 cm³/mol. The van der Waals surface area contributed by atoms with E-state index in [0.717, 1.165) is 16.0 Å². The van der Waals surface area contributed by atoms with Gasteiger partial charge in [-0.25, -0.2) is 4.79 Å². The molecular formula is C26H24BrClN2O5. The maximum Gasteiger partial charge on any atom is 0.330 e. The highest BCUT2D eigenvalue weighted by Crippen LogP contribution is 2.37. The molecule has 9 heteroatoms. The van der Waals surface area contributed by atoms with Gasteiger partial charge in [-0.05, 0) is 59.0 Å². The monoisotopic (exact) mass is 558 g/mol. The number of hydrogen-bond acceptors (Lipinski definition) is 5. The summed E-state index contributed by atoms with van der Waals surface area (Å²) in [4.78, 5) is 53.0. The Morgan fingerprint density at radius 1 is 1.11 bits per heavy atom. The van der Waals surface area contributed by atoms with E-state index in [-0.39, 0.29) is 18.2 Å². The number of carbonyl (C=O) groups is 4. The molecule has 1 saturated heterocycles. The van der Waals surface area contributed by atoms with Crippen LogP contribution in [0.2, 0.25) is 5.02 Å². The third-order valence-corrected chi connectivity index (χ3v) is 7.48. The van der Waals surface area contributed by atoms with E-state index in [9.17, 15) is 19.2 Å². The van der Waals surface area contributed by atoms with E-state index in [1.807, 2.05) is 42.5 Å². The maximum absolute atomic E-state index is 13.2. The molecule has 2 aromatic rings. The van der Waals surface area contributed by atoms with Crippen molar-refractivity contribution in [3.8, 4) is 0 Å². The smallest absolute Gasteiger partial charge is 0.330 e. The Balaban J connectivity index is 1.49. The summed E-state index contributed by atoms with van der Waals surface area (Å²) in [6.45, 7) is 1.24. The third kappa shape index (κ3) is 5.49. The van der Waals surface area contributed by atoms with Crippen molar-refractivity contribution in [2.24, 2.45) is 11.8 Å². The van der Waals surface area contributed by atoms with Crippen molar-refractivity contribution in [1.82, 2.24) is 4.90 Å². The maximum atomic E-state index is 13.2. The second kappa shape index (κ2) is 10.7. The minimum Gasteiger partial charge on any atom is -0.454 e. The van der Waals surface area contributed by atoms with E-state index in [2.05, 4.69) is 21.2 Å². The molecule has 3 atom stereocenters. The van der Waals surface area contributed by atoms with Gasteiger partial charge in [-0.3, -0.25) is 19.3 Å². The molecule has 1 fully saturated rings. The number of hydrogen-bond donors (Lipinski definition) is 1. The van der Waals surface area contributed by atoms with Crippen LogP contribution in [0.4, 0.5) is 5.69 Å². The first-order valence-corrected chi connectivity index (χ1v) is 12.4. The average molecular weight is 560 g/mol. The summed E-state index contributed by atoms with van der Waals surface area (Å²) in [5.74, 6) is -3.03. The number of nitrogens with zero attached hydrogens (tertiary/aromatic N) is 1. The first kappa shape index (κ1) is 25.1. The standard InChI is InChI=1S/C26H24BrClN2O5/c1-15-11-19(27)20(28)13-21(15)29-23(31)14-35-26(34)22(12-16-7-3-2-4-8-16)30-24(32)17-9-5-6-10-18(17)25(30)33/h2-8,11,13,17-18,22H,9-10,12,14H2,1H3,(H,29,31)/t17-,18+,22-/m1/s1. The number of fused-ring (bicyclic) bond motifs is 1. The van der Waals surface area contributed by atoms with E-state index in [0.29, 0.717) is 28.0 Å². The van der Waals surface area contributed by atoms with Crippen molar-refractivity contribution in [2.75, 3.05) is 11.9 Å². The molecule has 0 spiro atoms. The Morgan fingerprint density at radius 3 is 2.37 bits per heavy atom. The Hall–Kier alpha value is -2.97. The van der Waals surface area contributed by atoms with Crippen molar-refractivity contribution in [3.05, 3.63) is 75.2 Å². The predicted octanol–water partition coefficient (Wildman–Crippen LogP) is 4.46. The highest BCUT2D eigenvalue weighted by molar-refractivity contribution is 9.10. The number of ether oxygens (including phenoxy) is 1. The molecule has 1 N–H and O–H groups in total. The van der Waals surface area contributed by atoms with Crippen LogP contribution < -0.4 is 5.32 Å². The summed E-state index contributed by atoms with van der Waals surface area (Å²) >= 11 is 9.44. The van der Waals surface area contributed by atoms with Crippen molar-refractivity contribution in [2.45, 2.75) is 32.2 Å². The lowest BCUT2D eigenvalue weighted by molar-refractivity contribution is -0.159. The fourth-order valence-corrected chi connectivity index (χ4v) is 5.07. The van der Waals surface area contributed by atoms with Gasteiger partial charge in [0.1, 0.15) is 6.04 Å². The van der Waals surface area contributed by atoms with Gasteiger partial charge < -0.3 is 10.1 Å². The van der Waals surface area contributed by atoms with Crippen molar-refractivity contribution < 1.29 is 23.9 Å². The lowest BCUT2D eigenvalue weighted by Gasteiger charge is -2.25. The first-order chi connectivity index (χ1) is 16.8. The van der Waals surface area contributed by atoms with Crippen LogP contribution in [0, 0.1) is 18.8 Å². The minimum absolute atomic E-state index is 0.104. The summed E-state index contributed by atoms with van der Waals surface area (Å²) < 4.78 is 6.01. The highest BCUT2D eigenvalue weighted by Gasteiger charge is 2.51.